The molecule has 0 fully saturated rings. The minimum Gasteiger partial charge on any atom is -0.268 e. The van der Waals surface area contributed by atoms with E-state index in [1.807, 2.05) is 0 Å². The number of rotatable bonds is 3. The van der Waals surface area contributed by atoms with Crippen LogP contribution < -0.4 is 4.31 Å². The molecule has 0 aromatic heterocycles. The van der Waals surface area contributed by atoms with E-state index >= 15 is 0 Å². The van der Waals surface area contributed by atoms with Gasteiger partial charge in [0.05, 0.1) is 20.6 Å². The molecule has 19 heavy (non-hydrogen) atoms. The van der Waals surface area contributed by atoms with Crippen molar-refractivity contribution in [3.05, 3.63) is 58.6 Å². The van der Waals surface area contributed by atoms with Gasteiger partial charge >= 0.3 is 0 Å². The second-order valence-electron chi connectivity index (χ2n) is 3.86. The molecule has 2 rings (SSSR count). The Bertz CT molecular complexity index is 687. The second-order valence-corrected chi connectivity index (χ2v) is 6.61. The first-order chi connectivity index (χ1) is 8.94. The number of benzene rings is 2. The highest BCUT2D eigenvalue weighted by Gasteiger charge is 2.23. The molecule has 0 radical (unpaired) electrons. The molecule has 0 amide bonds. The van der Waals surface area contributed by atoms with E-state index in [1.165, 1.54) is 19.2 Å². The molecule has 3 nitrogen and oxygen atoms in total. The summed E-state index contributed by atoms with van der Waals surface area (Å²) in [7, 11) is -2.20. The highest BCUT2D eigenvalue weighted by Crippen LogP contribution is 2.34. The average molecular weight is 316 g/mol. The molecular formula is C13H11Cl2NO2S. The first kappa shape index (κ1) is 14.2. The molecule has 0 aliphatic carbocycles. The van der Waals surface area contributed by atoms with Gasteiger partial charge in [-0.15, -0.1) is 0 Å². The van der Waals surface area contributed by atoms with Gasteiger partial charge in [-0.25, -0.2) is 8.42 Å². The van der Waals surface area contributed by atoms with E-state index in [1.54, 1.807) is 36.4 Å². The van der Waals surface area contributed by atoms with Crippen LogP contribution in [0, 0.1) is 0 Å². The number of sulfonamides is 1. The van der Waals surface area contributed by atoms with Crippen LogP contribution in [0.2, 0.25) is 10.0 Å². The lowest BCUT2D eigenvalue weighted by Crippen LogP contribution is -2.26. The Labute approximate surface area is 122 Å². The number of anilines is 1. The van der Waals surface area contributed by atoms with Crippen LogP contribution >= 0.6 is 23.2 Å². The highest BCUT2D eigenvalue weighted by molar-refractivity contribution is 7.92. The predicted molar refractivity (Wildman–Crippen MR) is 78.5 cm³/mol. The van der Waals surface area contributed by atoms with Crippen LogP contribution in [0.4, 0.5) is 5.69 Å². The summed E-state index contributed by atoms with van der Waals surface area (Å²) in [5, 5.41) is 0.528. The van der Waals surface area contributed by atoms with Crippen LogP contribution in [-0.2, 0) is 10.0 Å². The first-order valence-corrected chi connectivity index (χ1v) is 7.62. The van der Waals surface area contributed by atoms with Crippen molar-refractivity contribution in [3.63, 3.8) is 0 Å². The Kier molecular flexibility index (Phi) is 4.04. The fourth-order valence-electron chi connectivity index (χ4n) is 1.62. The monoisotopic (exact) mass is 315 g/mol. The molecule has 100 valence electrons. The number of hydrogen-bond donors (Lipinski definition) is 0. The molecule has 0 bridgehead atoms. The third kappa shape index (κ3) is 2.71. The van der Waals surface area contributed by atoms with Gasteiger partial charge in [-0.05, 0) is 24.3 Å². The molecule has 0 N–H and O–H groups in total. The lowest BCUT2D eigenvalue weighted by Gasteiger charge is -2.21. The van der Waals surface area contributed by atoms with Crippen molar-refractivity contribution in [2.45, 2.75) is 4.90 Å². The van der Waals surface area contributed by atoms with E-state index < -0.39 is 10.0 Å². The van der Waals surface area contributed by atoms with Crippen molar-refractivity contribution in [3.8, 4) is 0 Å². The minimum absolute atomic E-state index is 0.202. The van der Waals surface area contributed by atoms with Crippen molar-refractivity contribution < 1.29 is 8.42 Å². The molecule has 0 saturated heterocycles. The molecule has 0 aliphatic rings. The molecule has 0 atom stereocenters. The minimum atomic E-state index is -3.64. The van der Waals surface area contributed by atoms with Crippen molar-refractivity contribution in [1.29, 1.82) is 0 Å². The Morgan fingerprint density at radius 3 is 2.21 bits per heavy atom. The van der Waals surface area contributed by atoms with Crippen molar-refractivity contribution >= 4 is 38.9 Å². The van der Waals surface area contributed by atoms with E-state index in [0.29, 0.717) is 10.7 Å². The van der Waals surface area contributed by atoms with Crippen LogP contribution in [-0.4, -0.2) is 15.5 Å². The summed E-state index contributed by atoms with van der Waals surface area (Å²) in [5.74, 6) is 0. The zero-order chi connectivity index (χ0) is 14.0. The van der Waals surface area contributed by atoms with Gasteiger partial charge in [0.15, 0.2) is 0 Å². The maximum absolute atomic E-state index is 12.4. The van der Waals surface area contributed by atoms with Gasteiger partial charge in [-0.2, -0.15) is 0 Å². The van der Waals surface area contributed by atoms with Gasteiger partial charge in [0.2, 0.25) is 0 Å². The maximum Gasteiger partial charge on any atom is 0.264 e. The standard InChI is InChI=1S/C13H11Cl2NO2S/c1-16(12-9-5-8-11(14)13(12)15)19(17,18)10-6-3-2-4-7-10/h2-9H,1H3. The summed E-state index contributed by atoms with van der Waals surface area (Å²) in [6.45, 7) is 0. The van der Waals surface area contributed by atoms with Gasteiger partial charge in [0.1, 0.15) is 0 Å². The second kappa shape index (κ2) is 5.41. The number of halogens is 2. The van der Waals surface area contributed by atoms with Gasteiger partial charge < -0.3 is 0 Å². The zero-order valence-corrected chi connectivity index (χ0v) is 12.4. The average Bonchev–Trinajstić information content (AvgIpc) is 2.42. The zero-order valence-electron chi connectivity index (χ0n) is 10.0. The molecule has 6 heteroatoms. The Balaban J connectivity index is 2.50. The van der Waals surface area contributed by atoms with Crippen LogP contribution in [0.3, 0.4) is 0 Å². The molecule has 2 aromatic rings. The van der Waals surface area contributed by atoms with Crippen LogP contribution in [0.5, 0.6) is 0 Å². The highest BCUT2D eigenvalue weighted by atomic mass is 35.5. The summed E-state index contributed by atoms with van der Waals surface area (Å²) in [6, 6.07) is 13.0. The lowest BCUT2D eigenvalue weighted by molar-refractivity contribution is 0.594. The van der Waals surface area contributed by atoms with Gasteiger partial charge in [0.25, 0.3) is 10.0 Å². The Hall–Kier alpha value is -1.23. The summed E-state index contributed by atoms with van der Waals surface area (Å²) < 4.78 is 26.0. The Morgan fingerprint density at radius 1 is 0.947 bits per heavy atom. The van der Waals surface area contributed by atoms with Crippen LogP contribution in [0.1, 0.15) is 0 Å². The van der Waals surface area contributed by atoms with Crippen molar-refractivity contribution in [2.24, 2.45) is 0 Å². The molecule has 0 aliphatic heterocycles. The maximum atomic E-state index is 12.4. The summed E-state index contributed by atoms with van der Waals surface area (Å²) >= 11 is 11.9. The largest absolute Gasteiger partial charge is 0.268 e. The van der Waals surface area contributed by atoms with Crippen LogP contribution in [0.15, 0.2) is 53.4 Å². The van der Waals surface area contributed by atoms with Gasteiger partial charge in [-0.1, -0.05) is 47.5 Å². The third-order valence-electron chi connectivity index (χ3n) is 2.67. The van der Waals surface area contributed by atoms with Crippen molar-refractivity contribution in [1.82, 2.24) is 0 Å². The molecule has 0 heterocycles. The third-order valence-corrected chi connectivity index (χ3v) is 5.27. The van der Waals surface area contributed by atoms with E-state index in [0.717, 1.165) is 4.31 Å². The lowest BCUT2D eigenvalue weighted by atomic mass is 10.3. The topological polar surface area (TPSA) is 37.4 Å². The SMILES string of the molecule is CN(c1cccc(Cl)c1Cl)S(=O)(=O)c1ccccc1. The summed E-state index contributed by atoms with van der Waals surface area (Å²) in [5.41, 5.74) is 0.345. The molecule has 2 aromatic carbocycles. The van der Waals surface area contributed by atoms with Gasteiger partial charge in [0, 0.05) is 7.05 Å². The normalized spacial score (nSPS) is 11.3. The van der Waals surface area contributed by atoms with Gasteiger partial charge in [-0.3, -0.25) is 4.31 Å². The predicted octanol–water partition coefficient (Wildman–Crippen LogP) is 3.82. The van der Waals surface area contributed by atoms with E-state index in [4.69, 9.17) is 23.2 Å². The smallest absolute Gasteiger partial charge is 0.264 e. The Morgan fingerprint density at radius 2 is 1.58 bits per heavy atom. The number of hydrogen-bond acceptors (Lipinski definition) is 2. The van der Waals surface area contributed by atoms with Crippen LogP contribution in [0.25, 0.3) is 0 Å². The fraction of sp³-hybridized carbons (Fsp3) is 0.0769. The quantitative estimate of drug-likeness (QED) is 0.863. The summed E-state index contributed by atoms with van der Waals surface area (Å²) in [6.07, 6.45) is 0. The van der Waals surface area contributed by atoms with E-state index in [2.05, 4.69) is 0 Å². The molecule has 0 unspecified atom stereocenters. The van der Waals surface area contributed by atoms with E-state index in [-0.39, 0.29) is 9.92 Å². The molecule has 0 saturated carbocycles. The fourth-order valence-corrected chi connectivity index (χ4v) is 3.32. The first-order valence-electron chi connectivity index (χ1n) is 5.42. The molecular weight excluding hydrogens is 305 g/mol. The summed E-state index contributed by atoms with van der Waals surface area (Å²) in [4.78, 5) is 0.202. The van der Waals surface area contributed by atoms with Crippen molar-refractivity contribution in [2.75, 3.05) is 11.4 Å². The number of nitrogens with zero attached hydrogens (tertiary/aromatic N) is 1. The van der Waals surface area contributed by atoms with E-state index in [9.17, 15) is 8.42 Å². The molecule has 0 spiro atoms.